The maximum atomic E-state index is 11.9. The molecule has 0 saturated heterocycles. The van der Waals surface area contributed by atoms with Gasteiger partial charge in [-0.15, -0.1) is 0 Å². The van der Waals surface area contributed by atoms with Crippen molar-refractivity contribution < 1.29 is 14.4 Å². The molecule has 6 nitrogen and oxygen atoms in total. The van der Waals surface area contributed by atoms with Gasteiger partial charge in [0.05, 0.1) is 0 Å². The van der Waals surface area contributed by atoms with Gasteiger partial charge in [0.2, 0.25) is 5.91 Å². The van der Waals surface area contributed by atoms with Crippen molar-refractivity contribution in [2.75, 3.05) is 0 Å². The predicted octanol–water partition coefficient (Wildman–Crippen LogP) is 2.14. The van der Waals surface area contributed by atoms with E-state index in [1.807, 2.05) is 0 Å². The number of hydrogen-bond donors (Lipinski definition) is 3. The minimum absolute atomic E-state index is 0.0567. The van der Waals surface area contributed by atoms with E-state index in [0.717, 1.165) is 19.3 Å². The van der Waals surface area contributed by atoms with Gasteiger partial charge in [-0.2, -0.15) is 0 Å². The zero-order valence-corrected chi connectivity index (χ0v) is 14.7. The molecule has 0 bridgehead atoms. The molecule has 0 heterocycles. The Hall–Kier alpha value is -1.59. The van der Waals surface area contributed by atoms with E-state index in [9.17, 15) is 14.4 Å². The molecule has 0 aliphatic carbocycles. The molecular weight excluding hydrogens is 294 g/mol. The van der Waals surface area contributed by atoms with Crippen molar-refractivity contribution >= 4 is 17.7 Å². The van der Waals surface area contributed by atoms with Crippen molar-refractivity contribution in [1.82, 2.24) is 5.32 Å². The van der Waals surface area contributed by atoms with E-state index in [-0.39, 0.29) is 18.7 Å². The second kappa shape index (κ2) is 11.9. The Morgan fingerprint density at radius 1 is 0.783 bits per heavy atom. The average Bonchev–Trinajstić information content (AvgIpc) is 2.50. The van der Waals surface area contributed by atoms with Gasteiger partial charge in [-0.25, -0.2) is 0 Å². The Balaban J connectivity index is 3.94. The highest BCUT2D eigenvalue weighted by atomic mass is 16.2. The van der Waals surface area contributed by atoms with E-state index >= 15 is 0 Å². The van der Waals surface area contributed by atoms with E-state index in [4.69, 9.17) is 11.5 Å². The second-order valence-electron chi connectivity index (χ2n) is 6.11. The van der Waals surface area contributed by atoms with Gasteiger partial charge in [-0.3, -0.25) is 14.4 Å². The summed E-state index contributed by atoms with van der Waals surface area (Å²) in [7, 11) is 0. The molecule has 0 aliphatic rings. The molecule has 0 fully saturated rings. The lowest BCUT2D eigenvalue weighted by molar-refractivity contribution is -0.140. The molecule has 0 atom stereocenters. The Kier molecular flexibility index (Phi) is 11.1. The second-order valence-corrected chi connectivity index (χ2v) is 6.11. The molecule has 0 spiro atoms. The summed E-state index contributed by atoms with van der Waals surface area (Å²) in [5, 5.41) is 2.42. The number of hydrogen-bond acceptors (Lipinski definition) is 3. The lowest BCUT2D eigenvalue weighted by Crippen LogP contribution is -2.64. The summed E-state index contributed by atoms with van der Waals surface area (Å²) < 4.78 is 0. The maximum absolute atomic E-state index is 11.9. The topological polar surface area (TPSA) is 115 Å². The molecule has 6 heteroatoms. The van der Waals surface area contributed by atoms with Crippen molar-refractivity contribution in [1.29, 1.82) is 0 Å². The fourth-order valence-electron chi connectivity index (χ4n) is 2.58. The van der Waals surface area contributed by atoms with E-state index in [0.29, 0.717) is 0 Å². The molecule has 0 aromatic heterocycles. The van der Waals surface area contributed by atoms with Gasteiger partial charge in [0.25, 0.3) is 11.8 Å². The van der Waals surface area contributed by atoms with Crippen molar-refractivity contribution in [2.24, 2.45) is 11.5 Å². The van der Waals surface area contributed by atoms with Crippen LogP contribution in [0.5, 0.6) is 0 Å². The van der Waals surface area contributed by atoms with Crippen LogP contribution in [0.1, 0.15) is 84.5 Å². The van der Waals surface area contributed by atoms with Gasteiger partial charge in [0.15, 0.2) is 5.54 Å². The summed E-state index contributed by atoms with van der Waals surface area (Å²) in [5.41, 5.74) is 8.68. The first-order valence-electron chi connectivity index (χ1n) is 8.81. The highest BCUT2D eigenvalue weighted by molar-refractivity contribution is 6.10. The van der Waals surface area contributed by atoms with Crippen LogP contribution in [-0.2, 0) is 14.4 Å². The zero-order valence-electron chi connectivity index (χ0n) is 14.7. The summed E-state index contributed by atoms with van der Waals surface area (Å²) in [5.74, 6) is -2.17. The minimum atomic E-state index is -1.77. The third-order valence-electron chi connectivity index (χ3n) is 4.23. The van der Waals surface area contributed by atoms with Gasteiger partial charge in [-0.1, -0.05) is 65.2 Å². The first-order valence-corrected chi connectivity index (χ1v) is 8.81. The minimum Gasteiger partial charge on any atom is -0.367 e. The van der Waals surface area contributed by atoms with E-state index in [1.165, 1.54) is 38.5 Å². The van der Waals surface area contributed by atoms with Crippen molar-refractivity contribution in [3.05, 3.63) is 0 Å². The number of amides is 3. The number of carbonyl (C=O) groups excluding carboxylic acids is 3. The number of nitrogens with two attached hydrogens (primary N) is 2. The molecular formula is C17H33N3O3. The number of carbonyl (C=O) groups is 3. The Labute approximate surface area is 139 Å². The summed E-state index contributed by atoms with van der Waals surface area (Å²) >= 11 is 0. The van der Waals surface area contributed by atoms with Crippen LogP contribution in [0.4, 0.5) is 0 Å². The molecule has 5 N–H and O–H groups in total. The maximum Gasteiger partial charge on any atom is 0.253 e. The smallest absolute Gasteiger partial charge is 0.253 e. The molecule has 0 unspecified atom stereocenters. The Bertz CT molecular complexity index is 369. The summed E-state index contributed by atoms with van der Waals surface area (Å²) in [4.78, 5) is 34.8. The molecule has 0 radical (unpaired) electrons. The SMILES string of the molecule is CCCCCCCCCCCC(=O)NC(CC)(C(N)=O)C(N)=O. The standard InChI is InChI=1S/C17H33N3O3/c1-3-5-6-7-8-9-10-11-12-13-14(21)20-17(4-2,15(18)22)16(19)23/h3-13H2,1-2H3,(H2,18,22)(H2,19,23)(H,20,21). The van der Waals surface area contributed by atoms with Crippen LogP contribution in [-0.4, -0.2) is 23.3 Å². The highest BCUT2D eigenvalue weighted by Gasteiger charge is 2.42. The van der Waals surface area contributed by atoms with Crippen LogP contribution >= 0.6 is 0 Å². The third-order valence-corrected chi connectivity index (χ3v) is 4.23. The van der Waals surface area contributed by atoms with Crippen LogP contribution in [0, 0.1) is 0 Å². The van der Waals surface area contributed by atoms with Crippen LogP contribution in [0.15, 0.2) is 0 Å². The lowest BCUT2D eigenvalue weighted by atomic mass is 9.94. The molecule has 0 aromatic carbocycles. The van der Waals surface area contributed by atoms with Gasteiger partial charge >= 0.3 is 0 Å². The largest absolute Gasteiger partial charge is 0.367 e. The Morgan fingerprint density at radius 2 is 1.22 bits per heavy atom. The van der Waals surface area contributed by atoms with Gasteiger partial charge in [0, 0.05) is 6.42 Å². The highest BCUT2D eigenvalue weighted by Crippen LogP contribution is 2.12. The van der Waals surface area contributed by atoms with Gasteiger partial charge in [0.1, 0.15) is 0 Å². The quantitative estimate of drug-likeness (QED) is 0.335. The summed E-state index contributed by atoms with van der Waals surface area (Å²) in [6.07, 6.45) is 10.7. The van der Waals surface area contributed by atoms with E-state index < -0.39 is 17.4 Å². The number of nitrogens with one attached hydrogen (secondary N) is 1. The van der Waals surface area contributed by atoms with Gasteiger partial charge in [-0.05, 0) is 12.8 Å². The van der Waals surface area contributed by atoms with Crippen LogP contribution in [0.2, 0.25) is 0 Å². The molecule has 0 saturated carbocycles. The fraction of sp³-hybridized carbons (Fsp3) is 0.824. The van der Waals surface area contributed by atoms with E-state index in [2.05, 4.69) is 12.2 Å². The van der Waals surface area contributed by atoms with Crippen LogP contribution < -0.4 is 16.8 Å². The zero-order chi connectivity index (χ0) is 17.7. The van der Waals surface area contributed by atoms with Crippen molar-refractivity contribution in [2.45, 2.75) is 90.0 Å². The predicted molar refractivity (Wildman–Crippen MR) is 91.4 cm³/mol. The first kappa shape index (κ1) is 21.4. The molecule has 0 aromatic rings. The Morgan fingerprint density at radius 3 is 1.61 bits per heavy atom. The van der Waals surface area contributed by atoms with Crippen LogP contribution in [0.25, 0.3) is 0 Å². The third kappa shape index (κ3) is 8.00. The average molecular weight is 327 g/mol. The summed E-state index contributed by atoms with van der Waals surface area (Å²) in [6, 6.07) is 0. The molecule has 134 valence electrons. The number of primary amides is 2. The molecule has 3 amide bonds. The van der Waals surface area contributed by atoms with E-state index in [1.54, 1.807) is 6.92 Å². The normalized spacial score (nSPS) is 11.2. The lowest BCUT2D eigenvalue weighted by Gasteiger charge is -2.26. The van der Waals surface area contributed by atoms with Gasteiger partial charge < -0.3 is 16.8 Å². The molecule has 0 rings (SSSR count). The number of rotatable bonds is 14. The van der Waals surface area contributed by atoms with Crippen LogP contribution in [0.3, 0.4) is 0 Å². The summed E-state index contributed by atoms with van der Waals surface area (Å²) in [6.45, 7) is 3.79. The number of unbranched alkanes of at least 4 members (excludes halogenated alkanes) is 8. The van der Waals surface area contributed by atoms with Crippen molar-refractivity contribution in [3.63, 3.8) is 0 Å². The molecule has 23 heavy (non-hydrogen) atoms. The molecule has 0 aliphatic heterocycles. The monoisotopic (exact) mass is 327 g/mol. The first-order chi connectivity index (χ1) is 10.9. The fourth-order valence-corrected chi connectivity index (χ4v) is 2.58. The van der Waals surface area contributed by atoms with Crippen molar-refractivity contribution in [3.8, 4) is 0 Å².